The molecule has 58 valence electrons. The van der Waals surface area contributed by atoms with Crippen molar-refractivity contribution in [2.24, 2.45) is 0 Å². The Morgan fingerprint density at radius 1 is 1.60 bits per heavy atom. The van der Waals surface area contributed by atoms with E-state index in [0.717, 1.165) is 0 Å². The second-order valence-corrected chi connectivity index (χ2v) is 2.28. The third-order valence-corrected chi connectivity index (χ3v) is 0.928. The maximum atomic E-state index is 10.00. The Morgan fingerprint density at radius 3 is 2.60 bits per heavy atom. The van der Waals surface area contributed by atoms with Crippen molar-refractivity contribution in [2.45, 2.75) is 12.8 Å². The van der Waals surface area contributed by atoms with Crippen LogP contribution in [0.15, 0.2) is 12.3 Å². The zero-order valence-corrected chi connectivity index (χ0v) is 6.37. The van der Waals surface area contributed by atoms with E-state index in [1.54, 1.807) is 0 Å². The molecular formula is C7H13NO2. The second-order valence-electron chi connectivity index (χ2n) is 2.28. The van der Waals surface area contributed by atoms with Gasteiger partial charge in [0.05, 0.1) is 0 Å². The van der Waals surface area contributed by atoms with Gasteiger partial charge in [-0.05, 0) is 12.6 Å². The minimum atomic E-state index is -0.747. The number of nitrogens with zero attached hydrogens (tertiary/aromatic N) is 1. The summed E-state index contributed by atoms with van der Waals surface area (Å²) in [5, 5.41) is 8.23. The third-order valence-electron chi connectivity index (χ3n) is 0.928. The maximum absolute atomic E-state index is 10.00. The zero-order valence-electron chi connectivity index (χ0n) is 6.37. The van der Waals surface area contributed by atoms with Crippen molar-refractivity contribution in [1.29, 1.82) is 0 Å². The van der Waals surface area contributed by atoms with Crippen molar-refractivity contribution in [3.8, 4) is 0 Å². The van der Waals surface area contributed by atoms with E-state index in [0.29, 0.717) is 6.42 Å². The molecule has 0 unspecified atom stereocenters. The average Bonchev–Trinajstić information content (AvgIpc) is 1.79. The number of allylic oxidation sites excluding steroid dienone is 1. The van der Waals surface area contributed by atoms with E-state index >= 15 is 0 Å². The van der Waals surface area contributed by atoms with E-state index in [2.05, 4.69) is 0 Å². The summed E-state index contributed by atoms with van der Waals surface area (Å²) in [6.07, 6.45) is 4.51. The highest BCUT2D eigenvalue weighted by Crippen LogP contribution is 1.90. The molecule has 3 heteroatoms. The molecule has 0 rings (SSSR count). The summed E-state index contributed by atoms with van der Waals surface area (Å²) in [4.78, 5) is 11.9. The highest BCUT2D eigenvalue weighted by molar-refractivity contribution is 5.66. The Bertz CT molecular complexity index is 130. The van der Waals surface area contributed by atoms with E-state index in [1.165, 1.54) is 0 Å². The minimum absolute atomic E-state index is 0.213. The van der Waals surface area contributed by atoms with Gasteiger partial charge < -0.3 is 10.0 Å². The molecular weight excluding hydrogens is 130 g/mol. The summed E-state index contributed by atoms with van der Waals surface area (Å²) in [6.45, 7) is 0. The summed E-state index contributed by atoms with van der Waals surface area (Å²) < 4.78 is 0. The molecule has 0 spiro atoms. The number of carboxylic acid groups (broad SMARTS) is 1. The van der Waals surface area contributed by atoms with E-state index in [4.69, 9.17) is 5.11 Å². The number of carbonyl (C=O) groups is 1. The third kappa shape index (κ3) is 7.01. The SMILES string of the molecule is CN(C)C=CCCC(=O)O. The van der Waals surface area contributed by atoms with Gasteiger partial charge in [0.1, 0.15) is 0 Å². The number of hydrogen-bond acceptors (Lipinski definition) is 2. The summed E-state index contributed by atoms with van der Waals surface area (Å²) in [6, 6.07) is 0. The predicted octanol–water partition coefficient (Wildman–Crippen LogP) is 0.926. The summed E-state index contributed by atoms with van der Waals surface area (Å²) >= 11 is 0. The number of carboxylic acids is 1. The van der Waals surface area contributed by atoms with Gasteiger partial charge in [-0.2, -0.15) is 0 Å². The van der Waals surface area contributed by atoms with Gasteiger partial charge in [-0.15, -0.1) is 0 Å². The van der Waals surface area contributed by atoms with Gasteiger partial charge in [0, 0.05) is 20.5 Å². The van der Waals surface area contributed by atoms with Crippen molar-refractivity contribution in [3.05, 3.63) is 12.3 Å². The van der Waals surface area contributed by atoms with Crippen LogP contribution in [-0.4, -0.2) is 30.1 Å². The summed E-state index contributed by atoms with van der Waals surface area (Å²) in [7, 11) is 3.80. The fourth-order valence-electron chi connectivity index (χ4n) is 0.492. The first-order valence-electron chi connectivity index (χ1n) is 3.18. The first-order chi connectivity index (χ1) is 4.63. The molecule has 0 saturated heterocycles. The molecule has 0 bridgehead atoms. The van der Waals surface area contributed by atoms with Gasteiger partial charge in [0.2, 0.25) is 0 Å². The van der Waals surface area contributed by atoms with E-state index in [9.17, 15) is 4.79 Å². The van der Waals surface area contributed by atoms with Crippen molar-refractivity contribution in [1.82, 2.24) is 4.90 Å². The van der Waals surface area contributed by atoms with Crippen LogP contribution in [0.5, 0.6) is 0 Å². The Kier molecular flexibility index (Phi) is 4.37. The number of aliphatic carboxylic acids is 1. The predicted molar refractivity (Wildman–Crippen MR) is 39.7 cm³/mol. The zero-order chi connectivity index (χ0) is 7.98. The van der Waals surface area contributed by atoms with Gasteiger partial charge >= 0.3 is 5.97 Å². The number of hydrogen-bond donors (Lipinski definition) is 1. The van der Waals surface area contributed by atoms with Crippen LogP contribution in [0, 0.1) is 0 Å². The Morgan fingerprint density at radius 2 is 2.20 bits per heavy atom. The molecule has 0 aromatic rings. The van der Waals surface area contributed by atoms with Gasteiger partial charge in [0.25, 0.3) is 0 Å². The topological polar surface area (TPSA) is 40.5 Å². The quantitative estimate of drug-likeness (QED) is 0.636. The first kappa shape index (κ1) is 9.01. The fourth-order valence-corrected chi connectivity index (χ4v) is 0.492. The summed E-state index contributed by atoms with van der Waals surface area (Å²) in [5.74, 6) is -0.747. The lowest BCUT2D eigenvalue weighted by Gasteiger charge is -2.01. The first-order valence-corrected chi connectivity index (χ1v) is 3.18. The van der Waals surface area contributed by atoms with Crippen LogP contribution in [0.25, 0.3) is 0 Å². The smallest absolute Gasteiger partial charge is 0.303 e. The van der Waals surface area contributed by atoms with Crippen LogP contribution in [0.4, 0.5) is 0 Å². The van der Waals surface area contributed by atoms with Crippen LogP contribution in [0.2, 0.25) is 0 Å². The van der Waals surface area contributed by atoms with Crippen molar-refractivity contribution in [2.75, 3.05) is 14.1 Å². The van der Waals surface area contributed by atoms with Crippen LogP contribution in [0.3, 0.4) is 0 Å². The molecule has 0 aromatic heterocycles. The molecule has 1 N–H and O–H groups in total. The normalized spacial score (nSPS) is 10.2. The van der Waals surface area contributed by atoms with Crippen molar-refractivity contribution >= 4 is 5.97 Å². The summed E-state index contributed by atoms with van der Waals surface area (Å²) in [5.41, 5.74) is 0. The number of rotatable bonds is 4. The van der Waals surface area contributed by atoms with Crippen molar-refractivity contribution < 1.29 is 9.90 Å². The van der Waals surface area contributed by atoms with Gasteiger partial charge in [-0.25, -0.2) is 0 Å². The van der Waals surface area contributed by atoms with Crippen LogP contribution in [0.1, 0.15) is 12.8 Å². The molecule has 0 amide bonds. The van der Waals surface area contributed by atoms with Gasteiger partial charge in [-0.1, -0.05) is 6.08 Å². The molecule has 10 heavy (non-hydrogen) atoms. The lowest BCUT2D eigenvalue weighted by Crippen LogP contribution is -2.00. The average molecular weight is 143 g/mol. The molecule has 0 aliphatic heterocycles. The maximum Gasteiger partial charge on any atom is 0.303 e. The van der Waals surface area contributed by atoms with E-state index in [1.807, 2.05) is 31.3 Å². The van der Waals surface area contributed by atoms with Gasteiger partial charge in [-0.3, -0.25) is 4.79 Å². The lowest BCUT2D eigenvalue weighted by atomic mass is 10.3. The molecule has 0 fully saturated rings. The molecule has 0 heterocycles. The molecule has 0 aliphatic rings. The van der Waals surface area contributed by atoms with E-state index in [-0.39, 0.29) is 6.42 Å². The molecule has 0 atom stereocenters. The van der Waals surface area contributed by atoms with Crippen molar-refractivity contribution in [3.63, 3.8) is 0 Å². The Labute approximate surface area is 61.0 Å². The standard InChI is InChI=1S/C7H13NO2/c1-8(2)6-4-3-5-7(9)10/h4,6H,3,5H2,1-2H3,(H,9,10). The fraction of sp³-hybridized carbons (Fsp3) is 0.571. The van der Waals surface area contributed by atoms with Crippen LogP contribution in [-0.2, 0) is 4.79 Å². The molecule has 0 radical (unpaired) electrons. The molecule has 0 aliphatic carbocycles. The van der Waals surface area contributed by atoms with Crippen LogP contribution < -0.4 is 0 Å². The molecule has 3 nitrogen and oxygen atoms in total. The highest BCUT2D eigenvalue weighted by Gasteiger charge is 1.90. The minimum Gasteiger partial charge on any atom is -0.481 e. The van der Waals surface area contributed by atoms with Gasteiger partial charge in [0.15, 0.2) is 0 Å². The highest BCUT2D eigenvalue weighted by atomic mass is 16.4. The molecule has 0 saturated carbocycles. The van der Waals surface area contributed by atoms with E-state index < -0.39 is 5.97 Å². The second kappa shape index (κ2) is 4.85. The largest absolute Gasteiger partial charge is 0.481 e. The Hall–Kier alpha value is -0.990. The lowest BCUT2D eigenvalue weighted by molar-refractivity contribution is -0.136. The Balaban J connectivity index is 3.27. The molecule has 0 aromatic carbocycles. The van der Waals surface area contributed by atoms with Crippen LogP contribution >= 0.6 is 0 Å². The monoisotopic (exact) mass is 143 g/mol.